The minimum atomic E-state index is -0.986. The van der Waals surface area contributed by atoms with Gasteiger partial charge in [0.15, 0.2) is 0 Å². The van der Waals surface area contributed by atoms with Crippen LogP contribution in [0.4, 0.5) is 0 Å². The summed E-state index contributed by atoms with van der Waals surface area (Å²) in [5.74, 6) is 0.165. The number of unbranched alkanes of at least 4 members (excludes halogenated alkanes) is 10. The van der Waals surface area contributed by atoms with Crippen LogP contribution in [0.25, 0.3) is 0 Å². The lowest BCUT2D eigenvalue weighted by Gasteiger charge is -2.12. The zero-order valence-corrected chi connectivity index (χ0v) is 27.8. The van der Waals surface area contributed by atoms with Gasteiger partial charge in [-0.25, -0.2) is 0 Å². The lowest BCUT2D eigenvalue weighted by Crippen LogP contribution is -2.25. The number of rotatable bonds is 29. The largest absolute Gasteiger partial charge is 0.463 e. The smallest absolute Gasteiger partial charge is 0.305 e. The van der Waals surface area contributed by atoms with Crippen molar-refractivity contribution in [1.82, 2.24) is 0 Å². The van der Waals surface area contributed by atoms with Gasteiger partial charge >= 0.3 is 11.9 Å². The van der Waals surface area contributed by atoms with E-state index in [0.29, 0.717) is 31.5 Å². The molecule has 1 N–H and O–H groups in total. The molecule has 0 saturated carbocycles. The van der Waals surface area contributed by atoms with Crippen LogP contribution in [0.15, 0.2) is 36.5 Å². The third kappa shape index (κ3) is 26.2. The zero-order valence-electron chi connectivity index (χ0n) is 27.8. The molecule has 0 bridgehead atoms. The molecule has 0 aromatic carbocycles. The lowest BCUT2D eigenvalue weighted by atomic mass is 10.0. The van der Waals surface area contributed by atoms with Crippen molar-refractivity contribution in [3.8, 4) is 0 Å². The van der Waals surface area contributed by atoms with Crippen molar-refractivity contribution in [3.05, 3.63) is 36.5 Å². The number of epoxide rings is 1. The van der Waals surface area contributed by atoms with E-state index in [2.05, 4.69) is 57.2 Å². The van der Waals surface area contributed by atoms with E-state index in [1.807, 2.05) is 0 Å². The highest BCUT2D eigenvalue weighted by atomic mass is 16.6. The predicted molar refractivity (Wildman–Crippen MR) is 177 cm³/mol. The first kappa shape index (κ1) is 39.1. The molecule has 0 aromatic rings. The van der Waals surface area contributed by atoms with Gasteiger partial charge in [0, 0.05) is 12.8 Å². The fraction of sp³-hybridized carbons (Fsp3) is 0.784. The van der Waals surface area contributed by atoms with Gasteiger partial charge in [-0.3, -0.25) is 9.59 Å². The van der Waals surface area contributed by atoms with Gasteiger partial charge in [-0.15, -0.1) is 0 Å². The molecule has 2 unspecified atom stereocenters. The van der Waals surface area contributed by atoms with Crippen molar-refractivity contribution >= 4 is 11.9 Å². The molecule has 43 heavy (non-hydrogen) atoms. The van der Waals surface area contributed by atoms with Crippen molar-refractivity contribution in [2.24, 2.45) is 5.92 Å². The van der Waals surface area contributed by atoms with Crippen molar-refractivity contribution < 1.29 is 28.9 Å². The number of carbonyl (C=O) groups is 2. The first-order valence-electron chi connectivity index (χ1n) is 17.5. The molecule has 3 atom stereocenters. The molecule has 1 aliphatic rings. The maximum Gasteiger partial charge on any atom is 0.305 e. The lowest BCUT2D eigenvalue weighted by molar-refractivity contribution is -0.152. The fourth-order valence-corrected chi connectivity index (χ4v) is 4.94. The Bertz CT molecular complexity index is 771. The Balaban J connectivity index is 1.88. The van der Waals surface area contributed by atoms with Crippen LogP contribution >= 0.6 is 0 Å². The Morgan fingerprint density at radius 2 is 1.26 bits per heavy atom. The standard InChI is InChI=1S/C37H64O6/c1-4-5-20-26-34-35(43-34)27-22-17-13-8-6-7-9-14-18-23-28-36(39)41-30-33(38)31-42-37(40)29-24-19-15-11-10-12-16-21-25-32(2)3/h6,8-9,14,17,22,32-35,38H,4-5,7,10-13,15-16,18-21,23-31H2,1-3H3/b8-6-,14-9-,22-17-/t33-,34?,35?/m0/s1. The van der Waals surface area contributed by atoms with Crippen LogP contribution in [0.3, 0.4) is 0 Å². The summed E-state index contributed by atoms with van der Waals surface area (Å²) in [6.07, 6.45) is 33.8. The molecular formula is C37H64O6. The normalized spacial score (nSPS) is 17.4. The zero-order chi connectivity index (χ0) is 31.4. The van der Waals surface area contributed by atoms with Crippen LogP contribution in [0, 0.1) is 5.92 Å². The van der Waals surface area contributed by atoms with Crippen LogP contribution in [0.5, 0.6) is 0 Å². The number of aliphatic hydroxyl groups excluding tert-OH is 1. The fourth-order valence-electron chi connectivity index (χ4n) is 4.94. The van der Waals surface area contributed by atoms with E-state index in [4.69, 9.17) is 14.2 Å². The van der Waals surface area contributed by atoms with Gasteiger partial charge in [0.05, 0.1) is 12.2 Å². The first-order valence-corrected chi connectivity index (χ1v) is 17.5. The number of allylic oxidation sites excluding steroid dienone is 5. The second-order valence-corrected chi connectivity index (χ2v) is 12.5. The molecule has 248 valence electrons. The molecule has 1 heterocycles. The Labute approximate surface area is 263 Å². The molecule has 0 spiro atoms. The number of hydrogen-bond donors (Lipinski definition) is 1. The maximum absolute atomic E-state index is 11.9. The van der Waals surface area contributed by atoms with Gasteiger partial charge in [-0.1, -0.05) is 128 Å². The minimum Gasteiger partial charge on any atom is -0.463 e. The van der Waals surface area contributed by atoms with Gasteiger partial charge in [0.25, 0.3) is 0 Å². The van der Waals surface area contributed by atoms with Crippen molar-refractivity contribution in [3.63, 3.8) is 0 Å². The average molecular weight is 605 g/mol. The van der Waals surface area contributed by atoms with E-state index < -0.39 is 6.10 Å². The summed E-state index contributed by atoms with van der Waals surface area (Å²) in [5.41, 5.74) is 0. The van der Waals surface area contributed by atoms with Crippen LogP contribution in [0.2, 0.25) is 0 Å². The monoisotopic (exact) mass is 604 g/mol. The van der Waals surface area contributed by atoms with E-state index in [1.54, 1.807) is 0 Å². The molecular weight excluding hydrogens is 540 g/mol. The predicted octanol–water partition coefficient (Wildman–Crippen LogP) is 9.35. The SMILES string of the molecule is CCCCCC1OC1C/C=C\C/C=C\C/C=C\CCCC(=O)OC[C@H](O)COC(=O)CCCCCCCCCCC(C)C. The van der Waals surface area contributed by atoms with Gasteiger partial charge in [-0.05, 0) is 50.9 Å². The van der Waals surface area contributed by atoms with Crippen molar-refractivity contribution in [2.75, 3.05) is 13.2 Å². The van der Waals surface area contributed by atoms with E-state index in [-0.39, 0.29) is 25.2 Å². The molecule has 0 aromatic heterocycles. The highest BCUT2D eigenvalue weighted by molar-refractivity contribution is 5.69. The maximum atomic E-state index is 11.9. The Morgan fingerprint density at radius 1 is 0.698 bits per heavy atom. The molecule has 0 radical (unpaired) electrons. The number of hydrogen-bond acceptors (Lipinski definition) is 6. The molecule has 6 nitrogen and oxygen atoms in total. The first-order chi connectivity index (χ1) is 20.9. The van der Waals surface area contributed by atoms with Gasteiger partial charge in [-0.2, -0.15) is 0 Å². The molecule has 1 fully saturated rings. The number of ether oxygens (including phenoxy) is 3. The second kappa shape index (κ2) is 27.6. The van der Waals surface area contributed by atoms with E-state index >= 15 is 0 Å². The summed E-state index contributed by atoms with van der Waals surface area (Å²) in [6, 6.07) is 0. The van der Waals surface area contributed by atoms with Crippen LogP contribution in [0.1, 0.15) is 149 Å². The van der Waals surface area contributed by atoms with E-state index in [9.17, 15) is 14.7 Å². The molecule has 6 heteroatoms. The number of carbonyl (C=O) groups excluding carboxylic acids is 2. The summed E-state index contributed by atoms with van der Waals surface area (Å²) in [7, 11) is 0. The van der Waals surface area contributed by atoms with Crippen LogP contribution in [-0.4, -0.2) is 48.6 Å². The Kier molecular flexibility index (Phi) is 25.1. The quantitative estimate of drug-likeness (QED) is 0.0396. The van der Waals surface area contributed by atoms with Gasteiger partial charge < -0.3 is 19.3 Å². The van der Waals surface area contributed by atoms with Crippen molar-refractivity contribution in [2.45, 2.75) is 167 Å². The van der Waals surface area contributed by atoms with Crippen LogP contribution < -0.4 is 0 Å². The van der Waals surface area contributed by atoms with Crippen molar-refractivity contribution in [1.29, 1.82) is 0 Å². The van der Waals surface area contributed by atoms with Crippen LogP contribution in [-0.2, 0) is 23.8 Å². The summed E-state index contributed by atoms with van der Waals surface area (Å²) < 4.78 is 16.0. The highest BCUT2D eigenvalue weighted by Crippen LogP contribution is 2.30. The van der Waals surface area contributed by atoms with Gasteiger partial charge in [0.2, 0.25) is 0 Å². The molecule has 0 aliphatic carbocycles. The molecule has 1 saturated heterocycles. The highest BCUT2D eigenvalue weighted by Gasteiger charge is 2.36. The summed E-state index contributed by atoms with van der Waals surface area (Å²) >= 11 is 0. The molecule has 1 aliphatic heterocycles. The van der Waals surface area contributed by atoms with E-state index in [1.165, 1.54) is 64.2 Å². The Hall–Kier alpha value is -1.92. The third-order valence-electron chi connectivity index (χ3n) is 7.73. The van der Waals surface area contributed by atoms with Gasteiger partial charge in [0.1, 0.15) is 19.3 Å². The summed E-state index contributed by atoms with van der Waals surface area (Å²) in [4.78, 5) is 23.8. The minimum absolute atomic E-state index is 0.136. The topological polar surface area (TPSA) is 85.4 Å². The average Bonchev–Trinajstić information content (AvgIpc) is 3.74. The van der Waals surface area contributed by atoms with E-state index in [0.717, 1.165) is 50.9 Å². The molecule has 1 rings (SSSR count). The number of aliphatic hydroxyl groups is 1. The third-order valence-corrected chi connectivity index (χ3v) is 7.73. The number of esters is 2. The second-order valence-electron chi connectivity index (χ2n) is 12.5. The molecule has 0 amide bonds. The summed E-state index contributed by atoms with van der Waals surface area (Å²) in [6.45, 7) is 6.50. The Morgan fingerprint density at radius 3 is 1.88 bits per heavy atom. The summed E-state index contributed by atoms with van der Waals surface area (Å²) in [5, 5.41) is 9.96.